The number of benzene rings is 1. The second kappa shape index (κ2) is 3.56. The van der Waals surface area contributed by atoms with Gasteiger partial charge < -0.3 is 0 Å². The van der Waals surface area contributed by atoms with Crippen LogP contribution >= 0.6 is 15.9 Å². The number of rotatable bonds is 0. The van der Waals surface area contributed by atoms with Gasteiger partial charge in [0.25, 0.3) is 0 Å². The average molecular weight is 277 g/mol. The Morgan fingerprint density at radius 3 is 2.75 bits per heavy atom. The SMILES string of the molecule is O=C1C=CC2(CC1)CCc1cc(Br)ccc12. The molecule has 0 amide bonds. The summed E-state index contributed by atoms with van der Waals surface area (Å²) in [6, 6.07) is 6.54. The van der Waals surface area contributed by atoms with Crippen molar-refractivity contribution < 1.29 is 4.79 Å². The maximum Gasteiger partial charge on any atom is 0.155 e. The summed E-state index contributed by atoms with van der Waals surface area (Å²) >= 11 is 3.51. The Morgan fingerprint density at radius 2 is 2.00 bits per heavy atom. The fraction of sp³-hybridized carbons (Fsp3) is 0.357. The van der Waals surface area contributed by atoms with Crippen LogP contribution in [-0.4, -0.2) is 5.78 Å². The van der Waals surface area contributed by atoms with Crippen molar-refractivity contribution in [3.63, 3.8) is 0 Å². The van der Waals surface area contributed by atoms with Gasteiger partial charge >= 0.3 is 0 Å². The highest BCUT2D eigenvalue weighted by molar-refractivity contribution is 9.10. The molecule has 2 aliphatic carbocycles. The predicted octanol–water partition coefficient (Wildman–Crippen LogP) is 3.55. The van der Waals surface area contributed by atoms with Crippen LogP contribution < -0.4 is 0 Å². The van der Waals surface area contributed by atoms with Gasteiger partial charge in [-0.2, -0.15) is 0 Å². The lowest BCUT2D eigenvalue weighted by Gasteiger charge is -2.29. The van der Waals surface area contributed by atoms with Gasteiger partial charge in [-0.15, -0.1) is 0 Å². The molecule has 1 nitrogen and oxygen atoms in total. The summed E-state index contributed by atoms with van der Waals surface area (Å²) in [4.78, 5) is 11.3. The van der Waals surface area contributed by atoms with Crippen molar-refractivity contribution in [3.8, 4) is 0 Å². The summed E-state index contributed by atoms with van der Waals surface area (Å²) in [6.07, 6.45) is 7.89. The molecule has 0 saturated heterocycles. The van der Waals surface area contributed by atoms with E-state index in [-0.39, 0.29) is 11.2 Å². The number of hydrogen-bond acceptors (Lipinski definition) is 1. The number of halogens is 1. The first-order valence-electron chi connectivity index (χ1n) is 5.71. The second-order valence-corrected chi connectivity index (χ2v) is 5.67. The van der Waals surface area contributed by atoms with Crippen LogP contribution in [0.2, 0.25) is 0 Å². The quantitative estimate of drug-likeness (QED) is 0.708. The first kappa shape index (κ1) is 10.3. The van der Waals surface area contributed by atoms with E-state index in [2.05, 4.69) is 40.2 Å². The molecule has 0 bridgehead atoms. The number of allylic oxidation sites excluding steroid dienone is 2. The Balaban J connectivity index is 2.09. The molecule has 2 aliphatic rings. The molecular formula is C14H13BrO. The molecule has 2 heteroatoms. The van der Waals surface area contributed by atoms with Crippen LogP contribution in [0.1, 0.15) is 30.4 Å². The van der Waals surface area contributed by atoms with Gasteiger partial charge in [-0.3, -0.25) is 4.79 Å². The first-order chi connectivity index (χ1) is 7.70. The largest absolute Gasteiger partial charge is 0.295 e. The summed E-state index contributed by atoms with van der Waals surface area (Å²) < 4.78 is 1.15. The molecule has 82 valence electrons. The van der Waals surface area contributed by atoms with Crippen LogP contribution in [-0.2, 0) is 16.6 Å². The van der Waals surface area contributed by atoms with Crippen LogP contribution in [0, 0.1) is 0 Å². The summed E-state index contributed by atoms with van der Waals surface area (Å²) in [5.74, 6) is 0.274. The molecule has 0 heterocycles. The molecule has 16 heavy (non-hydrogen) atoms. The summed E-state index contributed by atoms with van der Waals surface area (Å²) in [5, 5.41) is 0. The molecule has 0 aromatic heterocycles. The molecule has 1 spiro atoms. The highest BCUT2D eigenvalue weighted by Gasteiger charge is 2.38. The normalized spacial score (nSPS) is 27.4. The van der Waals surface area contributed by atoms with E-state index < -0.39 is 0 Å². The number of aryl methyl sites for hydroxylation is 1. The zero-order chi connectivity index (χ0) is 11.2. The molecule has 3 rings (SSSR count). The Kier molecular flexibility index (Phi) is 2.28. The third kappa shape index (κ3) is 1.47. The lowest BCUT2D eigenvalue weighted by Crippen LogP contribution is -2.24. The Hall–Kier alpha value is -0.890. The smallest absolute Gasteiger partial charge is 0.155 e. The monoisotopic (exact) mass is 276 g/mol. The highest BCUT2D eigenvalue weighted by Crippen LogP contribution is 2.45. The van der Waals surface area contributed by atoms with Gasteiger partial charge in [0.05, 0.1) is 0 Å². The van der Waals surface area contributed by atoms with E-state index in [4.69, 9.17) is 0 Å². The molecule has 0 saturated carbocycles. The fourth-order valence-corrected chi connectivity index (χ4v) is 3.35. The minimum Gasteiger partial charge on any atom is -0.295 e. The third-order valence-electron chi connectivity index (χ3n) is 3.85. The van der Waals surface area contributed by atoms with Crippen molar-refractivity contribution in [1.29, 1.82) is 0 Å². The number of hydrogen-bond donors (Lipinski definition) is 0. The molecular weight excluding hydrogens is 264 g/mol. The minimum absolute atomic E-state index is 0.157. The molecule has 1 aromatic rings. The van der Waals surface area contributed by atoms with Crippen molar-refractivity contribution in [1.82, 2.24) is 0 Å². The van der Waals surface area contributed by atoms with E-state index in [9.17, 15) is 4.79 Å². The molecule has 0 fully saturated rings. The van der Waals surface area contributed by atoms with Crippen molar-refractivity contribution in [3.05, 3.63) is 46.0 Å². The van der Waals surface area contributed by atoms with Gasteiger partial charge in [0.2, 0.25) is 0 Å². The van der Waals surface area contributed by atoms with Gasteiger partial charge in [0, 0.05) is 16.3 Å². The van der Waals surface area contributed by atoms with Gasteiger partial charge in [-0.05, 0) is 48.6 Å². The molecule has 1 unspecified atom stereocenters. The van der Waals surface area contributed by atoms with Crippen LogP contribution in [0.3, 0.4) is 0 Å². The van der Waals surface area contributed by atoms with E-state index in [1.165, 1.54) is 11.1 Å². The third-order valence-corrected chi connectivity index (χ3v) is 4.34. The lowest BCUT2D eigenvalue weighted by atomic mass is 9.74. The van der Waals surface area contributed by atoms with Crippen LogP contribution in [0.5, 0.6) is 0 Å². The van der Waals surface area contributed by atoms with Gasteiger partial charge in [-0.1, -0.05) is 28.1 Å². The predicted molar refractivity (Wildman–Crippen MR) is 67.5 cm³/mol. The standard InChI is InChI=1S/C14H13BrO/c15-11-1-2-13-10(9-11)3-6-14(13)7-4-12(16)5-8-14/h1-2,4,7,9H,3,5-6,8H2. The molecule has 0 aliphatic heterocycles. The molecule has 1 aromatic carbocycles. The van der Waals surface area contributed by atoms with Crippen molar-refractivity contribution >= 4 is 21.7 Å². The summed E-state index contributed by atoms with van der Waals surface area (Å²) in [6.45, 7) is 0. The van der Waals surface area contributed by atoms with E-state index in [0.29, 0.717) is 6.42 Å². The van der Waals surface area contributed by atoms with Gasteiger partial charge in [0.15, 0.2) is 5.78 Å². The molecule has 0 radical (unpaired) electrons. The molecule has 0 N–H and O–H groups in total. The van der Waals surface area contributed by atoms with Crippen molar-refractivity contribution in [2.45, 2.75) is 31.1 Å². The highest BCUT2D eigenvalue weighted by atomic mass is 79.9. The zero-order valence-corrected chi connectivity index (χ0v) is 10.6. The van der Waals surface area contributed by atoms with E-state index in [1.807, 2.05) is 0 Å². The topological polar surface area (TPSA) is 17.1 Å². The summed E-state index contributed by atoms with van der Waals surface area (Å²) in [5.41, 5.74) is 3.03. The van der Waals surface area contributed by atoms with E-state index in [1.54, 1.807) is 6.08 Å². The maximum absolute atomic E-state index is 11.3. The second-order valence-electron chi connectivity index (χ2n) is 4.76. The number of fused-ring (bicyclic) bond motifs is 2. The van der Waals surface area contributed by atoms with Gasteiger partial charge in [-0.25, -0.2) is 0 Å². The van der Waals surface area contributed by atoms with Gasteiger partial charge in [0.1, 0.15) is 0 Å². The first-order valence-corrected chi connectivity index (χ1v) is 6.50. The Bertz CT molecular complexity index is 490. The Labute approximate surface area is 104 Å². The van der Waals surface area contributed by atoms with Crippen LogP contribution in [0.25, 0.3) is 0 Å². The summed E-state index contributed by atoms with van der Waals surface area (Å²) in [7, 11) is 0. The number of ketones is 1. The number of carbonyl (C=O) groups is 1. The Morgan fingerprint density at radius 1 is 1.19 bits per heavy atom. The van der Waals surface area contributed by atoms with Crippen LogP contribution in [0.15, 0.2) is 34.8 Å². The van der Waals surface area contributed by atoms with Crippen molar-refractivity contribution in [2.24, 2.45) is 0 Å². The average Bonchev–Trinajstić information content (AvgIpc) is 2.62. The number of carbonyl (C=O) groups excluding carboxylic acids is 1. The molecule has 1 atom stereocenters. The maximum atomic E-state index is 11.3. The van der Waals surface area contributed by atoms with Crippen LogP contribution in [0.4, 0.5) is 0 Å². The minimum atomic E-state index is 0.157. The van der Waals surface area contributed by atoms with Crippen molar-refractivity contribution in [2.75, 3.05) is 0 Å². The van der Waals surface area contributed by atoms with E-state index >= 15 is 0 Å². The lowest BCUT2D eigenvalue weighted by molar-refractivity contribution is -0.115. The van der Waals surface area contributed by atoms with E-state index in [0.717, 1.165) is 23.7 Å². The fourth-order valence-electron chi connectivity index (χ4n) is 2.95. The zero-order valence-electron chi connectivity index (χ0n) is 9.00.